The molecule has 10 nitrogen and oxygen atoms in total. The summed E-state index contributed by atoms with van der Waals surface area (Å²) in [4.78, 5) is 30.1. The Kier molecular flexibility index (Phi) is 7.74. The van der Waals surface area contributed by atoms with E-state index in [0.717, 1.165) is 6.20 Å². The van der Waals surface area contributed by atoms with Crippen molar-refractivity contribution in [3.05, 3.63) is 59.9 Å². The smallest absolute Gasteiger partial charge is 0.361 e. The van der Waals surface area contributed by atoms with Crippen LogP contribution in [-0.2, 0) is 21.2 Å². The van der Waals surface area contributed by atoms with E-state index in [4.69, 9.17) is 0 Å². The third kappa shape index (κ3) is 6.65. The van der Waals surface area contributed by atoms with Gasteiger partial charge in [-0.25, -0.2) is 8.42 Å². The van der Waals surface area contributed by atoms with Crippen LogP contribution in [0, 0.1) is 0 Å². The molecular weight excluding hydrogens is 479 g/mol. The Labute approximate surface area is 193 Å². The third-order valence-corrected chi connectivity index (χ3v) is 6.65. The minimum Gasteiger partial charge on any atom is -0.361 e. The first-order chi connectivity index (χ1) is 16.0. The molecule has 2 aromatic rings. The number of carbonyl (C=O) groups excluding carboxylic acids is 2. The highest BCUT2D eigenvalue weighted by molar-refractivity contribution is 7.91. The summed E-state index contributed by atoms with van der Waals surface area (Å²) in [5, 5.41) is 11.0. The lowest BCUT2D eigenvalue weighted by molar-refractivity contribution is -0.174. The highest BCUT2D eigenvalue weighted by Crippen LogP contribution is 2.21. The number of sulfone groups is 1. The number of benzene rings is 1. The fourth-order valence-corrected chi connectivity index (χ4v) is 4.39. The van der Waals surface area contributed by atoms with E-state index < -0.39 is 34.2 Å². The molecule has 2 heterocycles. The number of anilines is 1. The molecule has 3 rings (SSSR count). The molecule has 1 aliphatic rings. The molecule has 0 spiro atoms. The molecule has 1 saturated heterocycles. The molecule has 1 aromatic carbocycles. The number of nitrogens with zero attached hydrogens (tertiary/aromatic N) is 3. The van der Waals surface area contributed by atoms with Crippen molar-refractivity contribution in [3.63, 3.8) is 0 Å². The van der Waals surface area contributed by atoms with E-state index in [1.807, 2.05) is 0 Å². The number of aliphatic hydroxyl groups excluding tert-OH is 1. The molecule has 34 heavy (non-hydrogen) atoms. The first-order valence-electron chi connectivity index (χ1n) is 10.0. The highest BCUT2D eigenvalue weighted by atomic mass is 32.2. The fourth-order valence-electron chi connectivity index (χ4n) is 3.16. The molecule has 2 amide bonds. The Bertz CT molecular complexity index is 1100. The van der Waals surface area contributed by atoms with E-state index in [2.05, 4.69) is 4.98 Å². The maximum atomic E-state index is 12.2. The monoisotopic (exact) mass is 501 g/mol. The van der Waals surface area contributed by atoms with Gasteiger partial charge in [0, 0.05) is 25.0 Å². The minimum atomic E-state index is -5.14. The average molecular weight is 501 g/mol. The quantitative estimate of drug-likeness (QED) is 0.383. The summed E-state index contributed by atoms with van der Waals surface area (Å²) >= 11 is 0. The zero-order valence-corrected chi connectivity index (χ0v) is 18.5. The maximum Gasteiger partial charge on any atom is 0.472 e. The number of nitrogens with one attached hydrogen (secondary N) is 2. The van der Waals surface area contributed by atoms with Crippen LogP contribution in [0.15, 0.2) is 48.7 Å². The molecule has 1 fully saturated rings. The van der Waals surface area contributed by atoms with Gasteiger partial charge in [0.25, 0.3) is 5.91 Å². The SMILES string of the molecule is O=C(NNC(=O)C(F)(F)F)c1ccc(CN(c2ccccc2)C(O)N2CCS(=O)(=O)CC2)nc1. The van der Waals surface area contributed by atoms with Gasteiger partial charge in [0.2, 0.25) is 0 Å². The lowest BCUT2D eigenvalue weighted by Gasteiger charge is -2.39. The second-order valence-corrected chi connectivity index (χ2v) is 9.75. The number of rotatable bonds is 6. The molecule has 1 unspecified atom stereocenters. The van der Waals surface area contributed by atoms with Crippen LogP contribution in [0.5, 0.6) is 0 Å². The molecule has 184 valence electrons. The summed E-state index contributed by atoms with van der Waals surface area (Å²) in [5.74, 6) is -3.45. The van der Waals surface area contributed by atoms with E-state index in [9.17, 15) is 36.3 Å². The van der Waals surface area contributed by atoms with Crippen LogP contribution in [-0.4, -0.2) is 72.3 Å². The van der Waals surface area contributed by atoms with Gasteiger partial charge < -0.3 is 10.0 Å². The lowest BCUT2D eigenvalue weighted by atomic mass is 10.2. The maximum absolute atomic E-state index is 12.2. The number of para-hydroxylation sites is 1. The number of alkyl halides is 3. The molecule has 14 heteroatoms. The van der Waals surface area contributed by atoms with Gasteiger partial charge in [-0.3, -0.25) is 30.3 Å². The number of aliphatic hydroxyl groups is 1. The first-order valence-corrected chi connectivity index (χ1v) is 11.8. The Morgan fingerprint density at radius 2 is 1.74 bits per heavy atom. The standard InChI is InChI=1S/C20H22F3N5O5S/c21-20(22,23)18(30)26-25-17(29)14-6-7-15(24-12-14)13-28(16-4-2-1-3-5-16)19(31)27-8-10-34(32,33)11-9-27/h1-7,12,19,31H,8-11,13H2,(H,25,29)(H,26,30). The van der Waals surface area contributed by atoms with Crippen molar-refractivity contribution in [3.8, 4) is 0 Å². The van der Waals surface area contributed by atoms with E-state index in [-0.39, 0.29) is 36.7 Å². The molecule has 1 aliphatic heterocycles. The van der Waals surface area contributed by atoms with Crippen molar-refractivity contribution in [1.82, 2.24) is 20.7 Å². The van der Waals surface area contributed by atoms with Gasteiger partial charge in [-0.05, 0) is 24.3 Å². The second kappa shape index (κ2) is 10.4. The van der Waals surface area contributed by atoms with Crippen LogP contribution in [0.1, 0.15) is 16.1 Å². The Morgan fingerprint density at radius 1 is 1.09 bits per heavy atom. The van der Waals surface area contributed by atoms with Gasteiger partial charge >= 0.3 is 12.1 Å². The van der Waals surface area contributed by atoms with Crippen LogP contribution >= 0.6 is 0 Å². The van der Waals surface area contributed by atoms with Gasteiger partial charge in [0.05, 0.1) is 29.3 Å². The molecule has 1 aromatic heterocycles. The van der Waals surface area contributed by atoms with Crippen molar-refractivity contribution >= 4 is 27.3 Å². The topological polar surface area (TPSA) is 132 Å². The van der Waals surface area contributed by atoms with Crippen molar-refractivity contribution in [2.75, 3.05) is 29.5 Å². The van der Waals surface area contributed by atoms with E-state index in [1.165, 1.54) is 17.6 Å². The normalized spacial score (nSPS) is 16.9. The van der Waals surface area contributed by atoms with Gasteiger partial charge in [0.1, 0.15) is 0 Å². The van der Waals surface area contributed by atoms with E-state index in [0.29, 0.717) is 11.4 Å². The number of hydrogen-bond acceptors (Lipinski definition) is 8. The Hall–Kier alpha value is -3.23. The second-order valence-electron chi connectivity index (χ2n) is 7.44. The Balaban J connectivity index is 1.70. The van der Waals surface area contributed by atoms with Gasteiger partial charge in [0.15, 0.2) is 16.2 Å². The molecule has 0 radical (unpaired) electrons. The zero-order valence-electron chi connectivity index (χ0n) is 17.7. The number of hydrazine groups is 1. The molecule has 0 aliphatic carbocycles. The van der Waals surface area contributed by atoms with Crippen molar-refractivity contribution < 1.29 is 36.3 Å². The highest BCUT2D eigenvalue weighted by Gasteiger charge is 2.39. The minimum absolute atomic E-state index is 0.0698. The van der Waals surface area contributed by atoms with Gasteiger partial charge in [-0.15, -0.1) is 0 Å². The number of pyridine rings is 1. The predicted molar refractivity (Wildman–Crippen MR) is 115 cm³/mol. The molecule has 1 atom stereocenters. The molecule has 0 bridgehead atoms. The van der Waals surface area contributed by atoms with Crippen molar-refractivity contribution in [2.45, 2.75) is 19.1 Å². The fraction of sp³-hybridized carbons (Fsp3) is 0.350. The largest absolute Gasteiger partial charge is 0.472 e. The average Bonchev–Trinajstić information content (AvgIpc) is 2.80. The van der Waals surface area contributed by atoms with Crippen molar-refractivity contribution in [1.29, 1.82) is 0 Å². The van der Waals surface area contributed by atoms with Crippen LogP contribution in [0.4, 0.5) is 18.9 Å². The predicted octanol–water partition coefficient (Wildman–Crippen LogP) is 0.418. The number of aromatic nitrogens is 1. The number of amides is 2. The number of hydrogen-bond donors (Lipinski definition) is 3. The lowest BCUT2D eigenvalue weighted by Crippen LogP contribution is -2.53. The molecule has 0 saturated carbocycles. The zero-order chi connectivity index (χ0) is 24.9. The van der Waals surface area contributed by atoms with Crippen molar-refractivity contribution in [2.24, 2.45) is 0 Å². The number of carbonyl (C=O) groups is 2. The van der Waals surface area contributed by atoms with Crippen LogP contribution in [0.3, 0.4) is 0 Å². The van der Waals surface area contributed by atoms with E-state index >= 15 is 0 Å². The summed E-state index contributed by atoms with van der Waals surface area (Å²) in [5.41, 5.74) is 3.88. The summed E-state index contributed by atoms with van der Waals surface area (Å²) < 4.78 is 60.1. The van der Waals surface area contributed by atoms with Crippen LogP contribution in [0.25, 0.3) is 0 Å². The summed E-state index contributed by atoms with van der Waals surface area (Å²) in [6.07, 6.45) is -5.18. The summed E-state index contributed by atoms with van der Waals surface area (Å²) in [6, 6.07) is 11.6. The van der Waals surface area contributed by atoms with Gasteiger partial charge in [-0.1, -0.05) is 18.2 Å². The van der Waals surface area contributed by atoms with Crippen LogP contribution < -0.4 is 15.8 Å². The van der Waals surface area contributed by atoms with Crippen LogP contribution in [0.2, 0.25) is 0 Å². The van der Waals surface area contributed by atoms with E-state index in [1.54, 1.807) is 45.6 Å². The molecule has 3 N–H and O–H groups in total. The summed E-state index contributed by atoms with van der Waals surface area (Å²) in [7, 11) is -3.14. The Morgan fingerprint density at radius 3 is 2.29 bits per heavy atom. The molecular formula is C20H22F3N5O5S. The van der Waals surface area contributed by atoms with Gasteiger partial charge in [-0.2, -0.15) is 13.2 Å². The number of halogens is 3. The third-order valence-electron chi connectivity index (χ3n) is 5.04. The summed E-state index contributed by atoms with van der Waals surface area (Å²) in [6.45, 7) is 0.396. The first kappa shape index (κ1) is 25.4.